The molecular weight excluding hydrogens is 326 g/mol. The van der Waals surface area contributed by atoms with E-state index in [1.165, 1.54) is 0 Å². The van der Waals surface area contributed by atoms with Crippen molar-refractivity contribution in [3.8, 4) is 28.5 Å². The van der Waals surface area contributed by atoms with Gasteiger partial charge < -0.3 is 5.73 Å². The summed E-state index contributed by atoms with van der Waals surface area (Å²) in [5.74, 6) is 0.222. The molecule has 3 aromatic rings. The molecule has 0 bridgehead atoms. The van der Waals surface area contributed by atoms with E-state index in [9.17, 15) is 5.26 Å². The summed E-state index contributed by atoms with van der Waals surface area (Å²) in [5.41, 5.74) is 10.6. The molecule has 26 heavy (non-hydrogen) atoms. The number of nitrogen functional groups attached to an aromatic ring is 1. The standard InChI is InChI=1S/C19H23N7/c1-5-6-25-11-17(13(4)24-25)18-7-15(16(8-20)19(21)23-18)14-9-22-26(10-14)12(2)3/h7,9-12H,5-6H2,1-4H3,(H2,21,23). The van der Waals surface area contributed by atoms with Crippen LogP contribution < -0.4 is 5.73 Å². The van der Waals surface area contributed by atoms with Crippen molar-refractivity contribution in [3.05, 3.63) is 35.9 Å². The Labute approximate surface area is 153 Å². The van der Waals surface area contributed by atoms with Crippen LogP contribution in [0.3, 0.4) is 0 Å². The molecule has 3 heterocycles. The number of nitrogens with zero attached hydrogens (tertiary/aromatic N) is 6. The second kappa shape index (κ2) is 7.00. The number of hydrogen-bond donors (Lipinski definition) is 1. The Hall–Kier alpha value is -3.14. The van der Waals surface area contributed by atoms with Gasteiger partial charge >= 0.3 is 0 Å². The zero-order valence-corrected chi connectivity index (χ0v) is 15.6. The number of aromatic nitrogens is 5. The predicted molar refractivity (Wildman–Crippen MR) is 101 cm³/mol. The maximum Gasteiger partial charge on any atom is 0.142 e. The van der Waals surface area contributed by atoms with Crippen LogP contribution in [0.15, 0.2) is 24.7 Å². The zero-order chi connectivity index (χ0) is 18.8. The van der Waals surface area contributed by atoms with Gasteiger partial charge in [0, 0.05) is 41.7 Å². The Morgan fingerprint density at radius 3 is 2.65 bits per heavy atom. The number of nitriles is 1. The van der Waals surface area contributed by atoms with E-state index in [-0.39, 0.29) is 11.9 Å². The second-order valence-electron chi connectivity index (χ2n) is 6.62. The Morgan fingerprint density at radius 2 is 2.04 bits per heavy atom. The van der Waals surface area contributed by atoms with Crippen molar-refractivity contribution < 1.29 is 0 Å². The minimum Gasteiger partial charge on any atom is -0.383 e. The van der Waals surface area contributed by atoms with Gasteiger partial charge in [-0.3, -0.25) is 9.36 Å². The van der Waals surface area contributed by atoms with Crippen LogP contribution in [0.25, 0.3) is 22.4 Å². The lowest BCUT2D eigenvalue weighted by Gasteiger charge is -2.08. The fourth-order valence-electron chi connectivity index (χ4n) is 2.92. The largest absolute Gasteiger partial charge is 0.383 e. The summed E-state index contributed by atoms with van der Waals surface area (Å²) in [6.45, 7) is 9.02. The third kappa shape index (κ3) is 3.18. The number of rotatable bonds is 5. The molecule has 3 rings (SSSR count). The average Bonchev–Trinajstić information content (AvgIpc) is 3.21. The quantitative estimate of drug-likeness (QED) is 0.759. The molecule has 0 amide bonds. The predicted octanol–water partition coefficient (Wildman–Crippen LogP) is 3.56. The molecular formula is C19H23N7. The van der Waals surface area contributed by atoms with Crippen molar-refractivity contribution in [2.75, 3.05) is 5.73 Å². The summed E-state index contributed by atoms with van der Waals surface area (Å²) in [7, 11) is 0. The van der Waals surface area contributed by atoms with Crippen molar-refractivity contribution in [1.82, 2.24) is 24.5 Å². The third-order valence-corrected chi connectivity index (χ3v) is 4.28. The van der Waals surface area contributed by atoms with Gasteiger partial charge in [-0.15, -0.1) is 0 Å². The number of aryl methyl sites for hydroxylation is 2. The molecule has 0 aliphatic carbocycles. The number of hydrogen-bond acceptors (Lipinski definition) is 5. The molecule has 0 saturated carbocycles. The Bertz CT molecular complexity index is 972. The van der Waals surface area contributed by atoms with E-state index >= 15 is 0 Å². The molecule has 7 nitrogen and oxygen atoms in total. The summed E-state index contributed by atoms with van der Waals surface area (Å²) >= 11 is 0. The van der Waals surface area contributed by atoms with Crippen LogP contribution in [-0.4, -0.2) is 24.5 Å². The molecule has 0 fully saturated rings. The highest BCUT2D eigenvalue weighted by Crippen LogP contribution is 2.32. The summed E-state index contributed by atoms with van der Waals surface area (Å²) in [6, 6.07) is 4.31. The molecule has 0 aliphatic rings. The van der Waals surface area contributed by atoms with E-state index in [2.05, 4.69) is 42.0 Å². The molecule has 134 valence electrons. The van der Waals surface area contributed by atoms with Crippen LogP contribution in [0.4, 0.5) is 5.82 Å². The molecule has 0 radical (unpaired) electrons. The lowest BCUT2D eigenvalue weighted by atomic mass is 10.0. The summed E-state index contributed by atoms with van der Waals surface area (Å²) in [5, 5.41) is 18.5. The first-order valence-electron chi connectivity index (χ1n) is 8.74. The minimum atomic E-state index is 0.222. The van der Waals surface area contributed by atoms with Gasteiger partial charge in [-0.05, 0) is 33.3 Å². The summed E-state index contributed by atoms with van der Waals surface area (Å²) in [6.07, 6.45) is 6.67. The van der Waals surface area contributed by atoms with Crippen molar-refractivity contribution in [3.63, 3.8) is 0 Å². The lowest BCUT2D eigenvalue weighted by molar-refractivity contribution is 0.532. The topological polar surface area (TPSA) is 98.3 Å². The van der Waals surface area contributed by atoms with Gasteiger partial charge in [0.2, 0.25) is 0 Å². The van der Waals surface area contributed by atoms with Gasteiger partial charge in [0.05, 0.1) is 17.6 Å². The number of nitrogens with two attached hydrogens (primary N) is 1. The summed E-state index contributed by atoms with van der Waals surface area (Å²) < 4.78 is 3.77. The van der Waals surface area contributed by atoms with Crippen LogP contribution in [0.5, 0.6) is 0 Å². The second-order valence-corrected chi connectivity index (χ2v) is 6.62. The number of pyridine rings is 1. The molecule has 3 aromatic heterocycles. The molecule has 2 N–H and O–H groups in total. The highest BCUT2D eigenvalue weighted by Gasteiger charge is 2.17. The van der Waals surface area contributed by atoms with E-state index in [1.807, 2.05) is 34.7 Å². The maximum atomic E-state index is 9.55. The van der Waals surface area contributed by atoms with E-state index < -0.39 is 0 Å². The van der Waals surface area contributed by atoms with E-state index in [4.69, 9.17) is 5.73 Å². The highest BCUT2D eigenvalue weighted by atomic mass is 15.3. The van der Waals surface area contributed by atoms with E-state index in [0.29, 0.717) is 11.3 Å². The minimum absolute atomic E-state index is 0.222. The van der Waals surface area contributed by atoms with Crippen molar-refractivity contribution in [2.24, 2.45) is 0 Å². The van der Waals surface area contributed by atoms with Crippen molar-refractivity contribution in [2.45, 2.75) is 46.7 Å². The van der Waals surface area contributed by atoms with E-state index in [0.717, 1.165) is 35.3 Å². The third-order valence-electron chi connectivity index (χ3n) is 4.28. The molecule has 0 spiro atoms. The SMILES string of the molecule is CCCn1cc(-c2cc(-c3cnn(C(C)C)c3)c(C#N)c(N)n2)c(C)n1. The Morgan fingerprint density at radius 1 is 1.27 bits per heavy atom. The fourth-order valence-corrected chi connectivity index (χ4v) is 2.92. The zero-order valence-electron chi connectivity index (χ0n) is 15.6. The molecule has 0 aromatic carbocycles. The highest BCUT2D eigenvalue weighted by molar-refractivity contribution is 5.79. The van der Waals surface area contributed by atoms with Gasteiger partial charge in [0.15, 0.2) is 0 Å². The first-order valence-corrected chi connectivity index (χ1v) is 8.74. The van der Waals surface area contributed by atoms with E-state index in [1.54, 1.807) is 6.20 Å². The van der Waals surface area contributed by atoms with Crippen LogP contribution in [0.2, 0.25) is 0 Å². The summed E-state index contributed by atoms with van der Waals surface area (Å²) in [4.78, 5) is 4.45. The van der Waals surface area contributed by atoms with Gasteiger partial charge in [0.1, 0.15) is 17.5 Å². The fraction of sp³-hybridized carbons (Fsp3) is 0.368. The molecule has 0 aliphatic heterocycles. The molecule has 0 atom stereocenters. The monoisotopic (exact) mass is 349 g/mol. The molecule has 0 saturated heterocycles. The number of anilines is 1. The average molecular weight is 349 g/mol. The van der Waals surface area contributed by atoms with Crippen LogP contribution in [0, 0.1) is 18.3 Å². The van der Waals surface area contributed by atoms with Gasteiger partial charge in [-0.1, -0.05) is 6.92 Å². The normalized spacial score (nSPS) is 11.1. The maximum absolute atomic E-state index is 9.55. The first kappa shape index (κ1) is 17.7. The smallest absolute Gasteiger partial charge is 0.142 e. The van der Waals surface area contributed by atoms with Crippen LogP contribution in [0.1, 0.15) is 44.5 Å². The van der Waals surface area contributed by atoms with Crippen LogP contribution in [-0.2, 0) is 6.54 Å². The Kier molecular flexibility index (Phi) is 4.76. The van der Waals surface area contributed by atoms with Crippen molar-refractivity contribution in [1.29, 1.82) is 5.26 Å². The van der Waals surface area contributed by atoms with Gasteiger partial charge in [-0.25, -0.2) is 4.98 Å². The van der Waals surface area contributed by atoms with Gasteiger partial charge in [0.25, 0.3) is 0 Å². The first-order chi connectivity index (χ1) is 12.4. The van der Waals surface area contributed by atoms with Crippen molar-refractivity contribution >= 4 is 5.82 Å². The molecule has 7 heteroatoms. The van der Waals surface area contributed by atoms with Crippen LogP contribution >= 0.6 is 0 Å². The lowest BCUT2D eigenvalue weighted by Crippen LogP contribution is -2.01. The Balaban J connectivity index is 2.14. The molecule has 0 unspecified atom stereocenters. The van der Waals surface area contributed by atoms with Gasteiger partial charge in [-0.2, -0.15) is 15.5 Å².